The number of nitrogens with two attached hydrogens (primary N) is 1. The summed E-state index contributed by atoms with van der Waals surface area (Å²) in [5, 5.41) is 16.5. The van der Waals surface area contributed by atoms with Crippen LogP contribution >= 0.6 is 0 Å². The number of nitrogens with zero attached hydrogens (tertiary/aromatic N) is 2. The standard InChI is InChI=1S/C17H16N4O4/c1-23-8-12-14-13(9-3-5-10(6-4-9)17(22)24-2)11(7-18)15(19)25-16(14)21-20-12/h3-6,13H,8,19H2,1-2H3,(H,20,21)/t13-/m1/s1. The molecule has 2 heterocycles. The van der Waals surface area contributed by atoms with Crippen molar-refractivity contribution in [3.8, 4) is 11.9 Å². The Hall–Kier alpha value is -3.31. The number of carbonyl (C=O) groups is 1. The summed E-state index contributed by atoms with van der Waals surface area (Å²) in [6, 6.07) is 8.88. The van der Waals surface area contributed by atoms with Crippen LogP contribution in [0.4, 0.5) is 0 Å². The zero-order valence-corrected chi connectivity index (χ0v) is 13.7. The Morgan fingerprint density at radius 2 is 2.12 bits per heavy atom. The Labute approximate surface area is 143 Å². The highest BCUT2D eigenvalue weighted by atomic mass is 16.5. The summed E-state index contributed by atoms with van der Waals surface area (Å²) in [6.45, 7) is 0.279. The quantitative estimate of drug-likeness (QED) is 0.809. The molecule has 1 aromatic heterocycles. The molecule has 8 nitrogen and oxygen atoms in total. The van der Waals surface area contributed by atoms with Crippen LogP contribution in [0, 0.1) is 11.3 Å². The van der Waals surface area contributed by atoms with Crippen molar-refractivity contribution >= 4 is 5.97 Å². The molecule has 1 aromatic carbocycles. The summed E-state index contributed by atoms with van der Waals surface area (Å²) in [6.07, 6.45) is 0. The van der Waals surface area contributed by atoms with Gasteiger partial charge in [-0.3, -0.25) is 5.10 Å². The maximum absolute atomic E-state index is 11.6. The van der Waals surface area contributed by atoms with E-state index in [2.05, 4.69) is 16.3 Å². The number of ether oxygens (including phenoxy) is 3. The van der Waals surface area contributed by atoms with E-state index in [0.29, 0.717) is 22.7 Å². The average molecular weight is 340 g/mol. The van der Waals surface area contributed by atoms with Crippen LogP contribution in [0.15, 0.2) is 35.7 Å². The van der Waals surface area contributed by atoms with Crippen LogP contribution in [0.25, 0.3) is 0 Å². The predicted octanol–water partition coefficient (Wildman–Crippen LogP) is 1.56. The van der Waals surface area contributed by atoms with Gasteiger partial charge in [0.2, 0.25) is 11.8 Å². The zero-order chi connectivity index (χ0) is 18.0. The summed E-state index contributed by atoms with van der Waals surface area (Å²) >= 11 is 0. The summed E-state index contributed by atoms with van der Waals surface area (Å²) in [5.41, 5.74) is 8.74. The van der Waals surface area contributed by atoms with E-state index in [1.807, 2.05) is 0 Å². The first-order valence-corrected chi connectivity index (χ1v) is 7.42. The number of hydrogen-bond donors (Lipinski definition) is 2. The maximum atomic E-state index is 11.6. The van der Waals surface area contributed by atoms with Gasteiger partial charge in [0.05, 0.1) is 36.5 Å². The second-order valence-electron chi connectivity index (χ2n) is 5.39. The van der Waals surface area contributed by atoms with Gasteiger partial charge in [0.25, 0.3) is 0 Å². The van der Waals surface area contributed by atoms with Crippen molar-refractivity contribution in [3.05, 3.63) is 58.1 Å². The van der Waals surface area contributed by atoms with Crippen LogP contribution in [-0.2, 0) is 16.1 Å². The van der Waals surface area contributed by atoms with Crippen LogP contribution in [0.3, 0.4) is 0 Å². The van der Waals surface area contributed by atoms with Crippen molar-refractivity contribution in [2.45, 2.75) is 12.5 Å². The van der Waals surface area contributed by atoms with E-state index >= 15 is 0 Å². The van der Waals surface area contributed by atoms with Gasteiger partial charge in [-0.25, -0.2) is 4.79 Å². The Balaban J connectivity index is 2.11. The molecule has 1 aliphatic heterocycles. The van der Waals surface area contributed by atoms with Crippen molar-refractivity contribution < 1.29 is 19.0 Å². The van der Waals surface area contributed by atoms with Crippen molar-refractivity contribution in [1.82, 2.24) is 10.2 Å². The Bertz CT molecular complexity index is 877. The molecule has 128 valence electrons. The monoisotopic (exact) mass is 340 g/mol. The summed E-state index contributed by atoms with van der Waals surface area (Å²) in [4.78, 5) is 11.6. The van der Waals surface area contributed by atoms with Crippen LogP contribution in [-0.4, -0.2) is 30.4 Å². The first kappa shape index (κ1) is 16.5. The van der Waals surface area contributed by atoms with Gasteiger partial charge in [-0.1, -0.05) is 12.1 Å². The number of methoxy groups -OCH3 is 2. The van der Waals surface area contributed by atoms with Crippen molar-refractivity contribution in [2.75, 3.05) is 14.2 Å². The van der Waals surface area contributed by atoms with Gasteiger partial charge < -0.3 is 19.9 Å². The van der Waals surface area contributed by atoms with Gasteiger partial charge in [0, 0.05) is 7.11 Å². The molecule has 0 bridgehead atoms. The molecule has 0 saturated carbocycles. The minimum Gasteiger partial charge on any atom is -0.465 e. The van der Waals surface area contributed by atoms with Crippen LogP contribution < -0.4 is 10.5 Å². The van der Waals surface area contributed by atoms with E-state index in [4.69, 9.17) is 19.9 Å². The lowest BCUT2D eigenvalue weighted by atomic mass is 9.84. The molecular weight excluding hydrogens is 324 g/mol. The molecular formula is C17H16N4O4. The second kappa shape index (κ2) is 6.67. The number of rotatable bonds is 4. The minimum absolute atomic E-state index is 0.00695. The van der Waals surface area contributed by atoms with E-state index in [1.165, 1.54) is 7.11 Å². The zero-order valence-electron chi connectivity index (χ0n) is 13.7. The van der Waals surface area contributed by atoms with Gasteiger partial charge in [-0.15, -0.1) is 5.10 Å². The number of H-pyrrole nitrogens is 1. The normalized spacial score (nSPS) is 16.0. The molecule has 0 spiro atoms. The lowest BCUT2D eigenvalue weighted by molar-refractivity contribution is 0.0600. The number of fused-ring (bicyclic) bond motifs is 1. The van der Waals surface area contributed by atoms with E-state index in [0.717, 1.165) is 5.56 Å². The van der Waals surface area contributed by atoms with Gasteiger partial charge >= 0.3 is 5.97 Å². The number of aromatic amines is 1. The smallest absolute Gasteiger partial charge is 0.337 e. The third-order valence-corrected chi connectivity index (χ3v) is 3.97. The molecule has 3 N–H and O–H groups in total. The molecule has 0 fully saturated rings. The fourth-order valence-electron chi connectivity index (χ4n) is 2.83. The fraction of sp³-hybridized carbons (Fsp3) is 0.235. The molecule has 3 rings (SSSR count). The molecule has 0 amide bonds. The molecule has 0 aliphatic carbocycles. The van der Waals surface area contributed by atoms with E-state index in [-0.39, 0.29) is 18.1 Å². The molecule has 0 unspecified atom stereocenters. The molecule has 0 radical (unpaired) electrons. The maximum Gasteiger partial charge on any atom is 0.337 e. The third kappa shape index (κ3) is 2.81. The van der Waals surface area contributed by atoms with E-state index in [9.17, 15) is 10.1 Å². The number of aromatic nitrogens is 2. The molecule has 0 saturated heterocycles. The van der Waals surface area contributed by atoms with Gasteiger partial charge in [-0.2, -0.15) is 5.26 Å². The first-order chi connectivity index (χ1) is 12.1. The SMILES string of the molecule is COCc1[nH]nc2c1[C@H](c1ccc(C(=O)OC)cc1)C(C#N)=C(N)O2. The topological polar surface area (TPSA) is 123 Å². The molecule has 25 heavy (non-hydrogen) atoms. The third-order valence-electron chi connectivity index (χ3n) is 3.97. The average Bonchev–Trinajstić information content (AvgIpc) is 3.02. The number of benzene rings is 1. The Morgan fingerprint density at radius 1 is 1.40 bits per heavy atom. The molecule has 2 aromatic rings. The predicted molar refractivity (Wildman–Crippen MR) is 86.4 cm³/mol. The van der Waals surface area contributed by atoms with Crippen molar-refractivity contribution in [3.63, 3.8) is 0 Å². The Kier molecular flexibility index (Phi) is 4.41. The van der Waals surface area contributed by atoms with Crippen molar-refractivity contribution in [1.29, 1.82) is 5.26 Å². The highest BCUT2D eigenvalue weighted by Gasteiger charge is 2.35. The van der Waals surface area contributed by atoms with E-state index in [1.54, 1.807) is 31.4 Å². The molecule has 8 heteroatoms. The number of nitriles is 1. The number of hydrogen-bond acceptors (Lipinski definition) is 7. The van der Waals surface area contributed by atoms with E-state index < -0.39 is 11.9 Å². The lowest BCUT2D eigenvalue weighted by Crippen LogP contribution is -2.21. The number of allylic oxidation sites excluding steroid dienone is 1. The van der Waals surface area contributed by atoms with Gasteiger partial charge in [0.15, 0.2) is 0 Å². The minimum atomic E-state index is -0.468. The lowest BCUT2D eigenvalue weighted by Gasteiger charge is -2.24. The van der Waals surface area contributed by atoms with Crippen LogP contribution in [0.5, 0.6) is 5.88 Å². The highest BCUT2D eigenvalue weighted by Crippen LogP contribution is 2.42. The Morgan fingerprint density at radius 3 is 2.72 bits per heavy atom. The summed E-state index contributed by atoms with van der Waals surface area (Å²) < 4.78 is 15.3. The summed E-state index contributed by atoms with van der Waals surface area (Å²) in [7, 11) is 2.88. The number of nitrogens with one attached hydrogen (secondary N) is 1. The first-order valence-electron chi connectivity index (χ1n) is 7.42. The fourth-order valence-corrected chi connectivity index (χ4v) is 2.83. The van der Waals surface area contributed by atoms with Gasteiger partial charge in [-0.05, 0) is 17.7 Å². The van der Waals surface area contributed by atoms with Crippen molar-refractivity contribution in [2.24, 2.45) is 5.73 Å². The van der Waals surface area contributed by atoms with Gasteiger partial charge in [0.1, 0.15) is 11.6 Å². The largest absolute Gasteiger partial charge is 0.465 e. The number of carbonyl (C=O) groups excluding carboxylic acids is 1. The molecule has 1 aliphatic rings. The van der Waals surface area contributed by atoms with Crippen LogP contribution in [0.1, 0.15) is 33.1 Å². The van der Waals surface area contributed by atoms with Crippen LogP contribution in [0.2, 0.25) is 0 Å². The number of esters is 1. The second-order valence-corrected chi connectivity index (χ2v) is 5.39. The highest BCUT2D eigenvalue weighted by molar-refractivity contribution is 5.89. The molecule has 1 atom stereocenters. The summed E-state index contributed by atoms with van der Waals surface area (Å²) in [5.74, 6) is -0.583.